The number of H-pyrrole nitrogens is 1. The van der Waals surface area contributed by atoms with Gasteiger partial charge in [0.05, 0.1) is 23.6 Å². The number of fused-ring (bicyclic) bond motifs is 3. The van der Waals surface area contributed by atoms with Gasteiger partial charge in [0.2, 0.25) is 0 Å². The molecule has 106 valence electrons. The molecule has 2 saturated heterocycles. The van der Waals surface area contributed by atoms with E-state index in [0.717, 1.165) is 35.0 Å². The number of thiophene rings is 1. The number of hydrogen-bond donors (Lipinski definition) is 1. The zero-order valence-corrected chi connectivity index (χ0v) is 13.1. The molecular formula is C14H16N2O2S2. The highest BCUT2D eigenvalue weighted by Gasteiger charge is 2.42. The van der Waals surface area contributed by atoms with Crippen LogP contribution in [0.15, 0.2) is 4.79 Å². The average Bonchev–Trinajstić information content (AvgIpc) is 3.06. The van der Waals surface area contributed by atoms with Crippen LogP contribution in [0, 0.1) is 18.6 Å². The van der Waals surface area contributed by atoms with E-state index in [1.807, 2.05) is 13.8 Å². The van der Waals surface area contributed by atoms with Gasteiger partial charge in [0, 0.05) is 4.88 Å². The first-order chi connectivity index (χ1) is 9.56. The number of hydrogen-bond acceptors (Lipinski definition) is 4. The van der Waals surface area contributed by atoms with Crippen LogP contribution in [-0.4, -0.2) is 21.8 Å². The van der Waals surface area contributed by atoms with Crippen LogP contribution in [0.5, 0.6) is 0 Å². The van der Waals surface area contributed by atoms with E-state index in [4.69, 9.17) is 17.0 Å². The van der Waals surface area contributed by atoms with Crippen LogP contribution in [0.1, 0.15) is 35.7 Å². The predicted molar refractivity (Wildman–Crippen MR) is 82.3 cm³/mol. The molecule has 0 radical (unpaired) electrons. The fourth-order valence-corrected chi connectivity index (χ4v) is 4.96. The van der Waals surface area contributed by atoms with Crippen LogP contribution >= 0.6 is 23.6 Å². The van der Waals surface area contributed by atoms with Crippen LogP contribution in [0.4, 0.5) is 0 Å². The molecular weight excluding hydrogens is 292 g/mol. The summed E-state index contributed by atoms with van der Waals surface area (Å²) in [5.41, 5.74) is 1.12. The monoisotopic (exact) mass is 308 g/mol. The summed E-state index contributed by atoms with van der Waals surface area (Å²) in [6.07, 6.45) is 3.54. The summed E-state index contributed by atoms with van der Waals surface area (Å²) in [7, 11) is 0. The standard InChI is InChI=1S/C14H16N2O2S2/c1-6-7(2)20-12-11(6)13(17)16(14(19)15-12)9-5-8-3-4-10(9)18-8/h8-10H,3-5H2,1-2H3,(H,15,19). The Bertz CT molecular complexity index is 817. The largest absolute Gasteiger partial charge is 0.373 e. The van der Waals surface area contributed by atoms with Crippen LogP contribution < -0.4 is 5.56 Å². The molecule has 6 heteroatoms. The molecule has 0 spiro atoms. The lowest BCUT2D eigenvalue weighted by Gasteiger charge is -2.21. The second-order valence-corrected chi connectivity index (χ2v) is 7.38. The van der Waals surface area contributed by atoms with E-state index >= 15 is 0 Å². The average molecular weight is 308 g/mol. The van der Waals surface area contributed by atoms with Crippen molar-refractivity contribution in [2.75, 3.05) is 0 Å². The molecule has 0 amide bonds. The first-order valence-electron chi connectivity index (χ1n) is 6.96. The van der Waals surface area contributed by atoms with Crippen molar-refractivity contribution < 1.29 is 4.74 Å². The maximum atomic E-state index is 12.9. The second kappa shape index (κ2) is 4.26. The van der Waals surface area contributed by atoms with Crippen molar-refractivity contribution in [1.82, 2.24) is 9.55 Å². The number of aryl methyl sites for hydroxylation is 2. The van der Waals surface area contributed by atoms with Gasteiger partial charge in [-0.1, -0.05) is 0 Å². The van der Waals surface area contributed by atoms with E-state index in [-0.39, 0.29) is 17.7 Å². The molecule has 2 aromatic rings. The van der Waals surface area contributed by atoms with E-state index < -0.39 is 0 Å². The highest BCUT2D eigenvalue weighted by Crippen LogP contribution is 2.41. The van der Waals surface area contributed by atoms with E-state index in [9.17, 15) is 4.79 Å². The minimum Gasteiger partial charge on any atom is -0.373 e. The van der Waals surface area contributed by atoms with E-state index in [0.29, 0.717) is 10.9 Å². The molecule has 1 N–H and O–H groups in total. The van der Waals surface area contributed by atoms with E-state index in [1.165, 1.54) is 4.88 Å². The van der Waals surface area contributed by atoms with Gasteiger partial charge in [0.1, 0.15) is 4.83 Å². The Morgan fingerprint density at radius 3 is 2.85 bits per heavy atom. The fraction of sp³-hybridized carbons (Fsp3) is 0.571. The Hall–Kier alpha value is -0.980. The maximum absolute atomic E-state index is 12.9. The first kappa shape index (κ1) is 12.7. The van der Waals surface area contributed by atoms with Gasteiger partial charge in [-0.3, -0.25) is 9.36 Å². The number of ether oxygens (including phenoxy) is 1. The summed E-state index contributed by atoms with van der Waals surface area (Å²) in [5.74, 6) is 0. The van der Waals surface area contributed by atoms with Crippen molar-refractivity contribution in [3.8, 4) is 0 Å². The minimum atomic E-state index is 0.0479. The molecule has 3 atom stereocenters. The topological polar surface area (TPSA) is 47.0 Å². The van der Waals surface area contributed by atoms with Crippen LogP contribution in [0.2, 0.25) is 0 Å². The molecule has 2 fully saturated rings. The van der Waals surface area contributed by atoms with Gasteiger partial charge in [-0.2, -0.15) is 0 Å². The van der Waals surface area contributed by atoms with Crippen molar-refractivity contribution in [1.29, 1.82) is 0 Å². The zero-order chi connectivity index (χ0) is 14.0. The minimum absolute atomic E-state index is 0.0479. The van der Waals surface area contributed by atoms with Crippen molar-refractivity contribution >= 4 is 33.8 Å². The lowest BCUT2D eigenvalue weighted by Crippen LogP contribution is -2.32. The first-order valence-corrected chi connectivity index (χ1v) is 8.18. The maximum Gasteiger partial charge on any atom is 0.263 e. The van der Waals surface area contributed by atoms with Crippen LogP contribution in [0.3, 0.4) is 0 Å². The molecule has 4 heterocycles. The zero-order valence-electron chi connectivity index (χ0n) is 11.4. The van der Waals surface area contributed by atoms with Crippen molar-refractivity contribution in [2.24, 2.45) is 0 Å². The quantitative estimate of drug-likeness (QED) is 0.823. The van der Waals surface area contributed by atoms with Gasteiger partial charge in [-0.25, -0.2) is 0 Å². The molecule has 2 aliphatic heterocycles. The summed E-state index contributed by atoms with van der Waals surface area (Å²) in [4.78, 5) is 18.2. The van der Waals surface area contributed by atoms with E-state index in [2.05, 4.69) is 4.98 Å². The summed E-state index contributed by atoms with van der Waals surface area (Å²) < 4.78 is 8.18. The number of nitrogens with zero attached hydrogens (tertiary/aromatic N) is 1. The molecule has 3 unspecified atom stereocenters. The summed E-state index contributed by atoms with van der Waals surface area (Å²) in [6.45, 7) is 4.05. The van der Waals surface area contributed by atoms with Crippen LogP contribution in [-0.2, 0) is 4.74 Å². The van der Waals surface area contributed by atoms with Gasteiger partial charge in [-0.15, -0.1) is 11.3 Å². The smallest absolute Gasteiger partial charge is 0.263 e. The molecule has 2 aliphatic rings. The van der Waals surface area contributed by atoms with Gasteiger partial charge >= 0.3 is 0 Å². The Labute approximate surface area is 125 Å². The molecule has 20 heavy (non-hydrogen) atoms. The highest BCUT2D eigenvalue weighted by atomic mass is 32.1. The Kier molecular flexibility index (Phi) is 2.71. The van der Waals surface area contributed by atoms with Crippen molar-refractivity contribution in [3.05, 3.63) is 25.6 Å². The molecule has 0 aliphatic carbocycles. The number of aromatic nitrogens is 2. The fourth-order valence-electron chi connectivity index (χ4n) is 3.53. The third kappa shape index (κ3) is 1.61. The van der Waals surface area contributed by atoms with Crippen molar-refractivity contribution in [3.63, 3.8) is 0 Å². The molecule has 4 nitrogen and oxygen atoms in total. The molecule has 2 aromatic heterocycles. The Morgan fingerprint density at radius 2 is 2.20 bits per heavy atom. The van der Waals surface area contributed by atoms with Gasteiger partial charge < -0.3 is 9.72 Å². The molecule has 0 aromatic carbocycles. The lowest BCUT2D eigenvalue weighted by molar-refractivity contribution is 0.0931. The number of aromatic amines is 1. The Morgan fingerprint density at radius 1 is 1.40 bits per heavy atom. The third-order valence-electron chi connectivity index (χ3n) is 4.66. The molecule has 2 bridgehead atoms. The second-order valence-electron chi connectivity index (χ2n) is 5.77. The van der Waals surface area contributed by atoms with Gasteiger partial charge in [-0.05, 0) is 50.9 Å². The van der Waals surface area contributed by atoms with Gasteiger partial charge in [0.25, 0.3) is 5.56 Å². The SMILES string of the molecule is Cc1sc2[nH]c(=S)n(C3CC4CCC3O4)c(=O)c2c1C. The van der Waals surface area contributed by atoms with Crippen molar-refractivity contribution in [2.45, 2.75) is 51.4 Å². The summed E-state index contributed by atoms with van der Waals surface area (Å²) in [6, 6.07) is 0.106. The summed E-state index contributed by atoms with van der Waals surface area (Å²) >= 11 is 7.04. The van der Waals surface area contributed by atoms with Gasteiger partial charge in [0.15, 0.2) is 4.77 Å². The molecule has 4 rings (SSSR count). The lowest BCUT2D eigenvalue weighted by atomic mass is 9.95. The summed E-state index contributed by atoms with van der Waals surface area (Å²) in [5, 5.41) is 0.795. The third-order valence-corrected chi connectivity index (χ3v) is 6.08. The predicted octanol–water partition coefficient (Wildman–Crippen LogP) is 3.23. The molecule has 0 saturated carbocycles. The number of nitrogens with one attached hydrogen (secondary N) is 1. The Balaban J connectivity index is 1.98. The highest BCUT2D eigenvalue weighted by molar-refractivity contribution is 7.71. The normalized spacial score (nSPS) is 28.6. The van der Waals surface area contributed by atoms with E-state index in [1.54, 1.807) is 15.9 Å². The van der Waals surface area contributed by atoms with Crippen LogP contribution in [0.25, 0.3) is 10.2 Å². The number of rotatable bonds is 1.